The van der Waals surface area contributed by atoms with Gasteiger partial charge >= 0.3 is 6.18 Å². The van der Waals surface area contributed by atoms with Crippen molar-refractivity contribution in [3.8, 4) is 11.5 Å². The standard InChI is InChI=1S/C21H26F3N3O3/c1-27(2)18(14-7-5-9-16(11-14)29-3)13-26-19(28)20(25,21(22,23)24)15-8-6-10-17(12-15)30-4/h5-12,18H,13,25H2,1-4H3,(H,26,28)/t18-,20+/m0/s1. The number of nitrogens with zero attached hydrogens (tertiary/aromatic N) is 1. The van der Waals surface area contributed by atoms with Crippen molar-refractivity contribution in [1.82, 2.24) is 10.2 Å². The van der Waals surface area contributed by atoms with Crippen molar-refractivity contribution in [2.45, 2.75) is 17.8 Å². The van der Waals surface area contributed by atoms with E-state index in [9.17, 15) is 18.0 Å². The molecule has 2 rings (SSSR count). The molecule has 0 saturated carbocycles. The average Bonchev–Trinajstić information content (AvgIpc) is 2.72. The summed E-state index contributed by atoms with van der Waals surface area (Å²) in [5.41, 5.74) is 2.82. The Bertz CT molecular complexity index is 874. The van der Waals surface area contributed by atoms with E-state index in [4.69, 9.17) is 15.2 Å². The molecule has 0 aliphatic heterocycles. The van der Waals surface area contributed by atoms with Gasteiger partial charge in [-0.2, -0.15) is 13.2 Å². The van der Waals surface area contributed by atoms with E-state index < -0.39 is 29.2 Å². The Hall–Kier alpha value is -2.78. The number of rotatable bonds is 8. The highest BCUT2D eigenvalue weighted by molar-refractivity contribution is 5.88. The Labute approximate surface area is 173 Å². The zero-order valence-corrected chi connectivity index (χ0v) is 17.3. The lowest BCUT2D eigenvalue weighted by molar-refractivity contribution is -0.194. The van der Waals surface area contributed by atoms with E-state index in [2.05, 4.69) is 5.32 Å². The first-order valence-electron chi connectivity index (χ1n) is 9.13. The Kier molecular flexibility index (Phi) is 7.33. The van der Waals surface area contributed by atoms with Crippen molar-refractivity contribution < 1.29 is 27.4 Å². The van der Waals surface area contributed by atoms with E-state index in [1.165, 1.54) is 26.4 Å². The fourth-order valence-electron chi connectivity index (χ4n) is 3.07. The zero-order chi connectivity index (χ0) is 22.5. The van der Waals surface area contributed by atoms with Crippen molar-refractivity contribution in [3.63, 3.8) is 0 Å². The maximum atomic E-state index is 13.9. The summed E-state index contributed by atoms with van der Waals surface area (Å²) in [6.07, 6.45) is -5.02. The number of carbonyl (C=O) groups is 1. The van der Waals surface area contributed by atoms with E-state index in [0.717, 1.165) is 17.7 Å². The van der Waals surface area contributed by atoms with Crippen molar-refractivity contribution in [3.05, 3.63) is 59.7 Å². The number of ether oxygens (including phenoxy) is 2. The molecule has 0 bridgehead atoms. The fraction of sp³-hybridized carbons (Fsp3) is 0.381. The van der Waals surface area contributed by atoms with Crippen LogP contribution in [0.5, 0.6) is 11.5 Å². The second-order valence-corrected chi connectivity index (χ2v) is 7.00. The molecule has 0 aliphatic rings. The molecule has 164 valence electrons. The van der Waals surface area contributed by atoms with Gasteiger partial charge in [0.25, 0.3) is 5.91 Å². The van der Waals surface area contributed by atoms with Crippen molar-refractivity contribution in [1.29, 1.82) is 0 Å². The van der Waals surface area contributed by atoms with Gasteiger partial charge in [0.1, 0.15) is 11.5 Å². The molecule has 0 aliphatic carbocycles. The van der Waals surface area contributed by atoms with E-state index in [0.29, 0.717) is 5.75 Å². The van der Waals surface area contributed by atoms with Crippen LogP contribution in [-0.2, 0) is 10.3 Å². The Balaban J connectivity index is 2.32. The third-order valence-electron chi connectivity index (χ3n) is 4.89. The molecule has 2 aromatic carbocycles. The number of hydrogen-bond acceptors (Lipinski definition) is 5. The number of hydrogen-bond donors (Lipinski definition) is 2. The molecular weight excluding hydrogens is 399 g/mol. The van der Waals surface area contributed by atoms with Gasteiger partial charge in [-0.25, -0.2) is 0 Å². The van der Waals surface area contributed by atoms with Gasteiger partial charge in [0.05, 0.1) is 20.3 Å². The van der Waals surface area contributed by atoms with E-state index in [-0.39, 0.29) is 12.3 Å². The normalized spacial score (nSPS) is 14.7. The second-order valence-electron chi connectivity index (χ2n) is 7.00. The van der Waals surface area contributed by atoms with Crippen LogP contribution in [0.3, 0.4) is 0 Å². The van der Waals surface area contributed by atoms with Gasteiger partial charge < -0.3 is 25.4 Å². The minimum Gasteiger partial charge on any atom is -0.497 e. The lowest BCUT2D eigenvalue weighted by atomic mass is 9.88. The van der Waals surface area contributed by atoms with Crippen LogP contribution in [-0.4, -0.2) is 51.8 Å². The maximum absolute atomic E-state index is 13.9. The SMILES string of the molecule is COc1cccc([C@H](CNC(=O)[C@](N)(c2cccc(OC)c2)C(F)(F)F)N(C)C)c1. The first-order valence-corrected chi connectivity index (χ1v) is 9.13. The summed E-state index contributed by atoms with van der Waals surface area (Å²) < 4.78 is 52.0. The highest BCUT2D eigenvalue weighted by Gasteiger charge is 2.59. The van der Waals surface area contributed by atoms with Crippen molar-refractivity contribution >= 4 is 5.91 Å². The lowest BCUT2D eigenvalue weighted by Gasteiger charge is -2.32. The largest absolute Gasteiger partial charge is 0.497 e. The average molecular weight is 425 g/mol. The van der Waals surface area contributed by atoms with E-state index in [1.807, 2.05) is 0 Å². The topological polar surface area (TPSA) is 76.8 Å². The van der Waals surface area contributed by atoms with Gasteiger partial charge in [-0.1, -0.05) is 24.3 Å². The molecule has 30 heavy (non-hydrogen) atoms. The Morgan fingerprint density at radius 1 is 1.07 bits per heavy atom. The molecule has 0 heterocycles. The van der Waals surface area contributed by atoms with Crippen LogP contribution in [0, 0.1) is 0 Å². The summed E-state index contributed by atoms with van der Waals surface area (Å²) in [6, 6.07) is 11.8. The third kappa shape index (κ3) is 4.85. The Morgan fingerprint density at radius 3 is 2.17 bits per heavy atom. The predicted molar refractivity (Wildman–Crippen MR) is 107 cm³/mol. The van der Waals surface area contributed by atoms with Gasteiger partial charge in [-0.15, -0.1) is 0 Å². The molecule has 6 nitrogen and oxygen atoms in total. The number of nitrogens with one attached hydrogen (secondary N) is 1. The smallest absolute Gasteiger partial charge is 0.419 e. The Morgan fingerprint density at radius 2 is 1.63 bits per heavy atom. The molecule has 9 heteroatoms. The van der Waals surface area contributed by atoms with Gasteiger partial charge in [-0.3, -0.25) is 4.79 Å². The minimum absolute atomic E-state index is 0.0853. The maximum Gasteiger partial charge on any atom is 0.419 e. The summed E-state index contributed by atoms with van der Waals surface area (Å²) >= 11 is 0. The van der Waals surface area contributed by atoms with Crippen LogP contribution in [0.1, 0.15) is 17.2 Å². The van der Waals surface area contributed by atoms with Crippen molar-refractivity contribution in [2.24, 2.45) is 5.73 Å². The number of methoxy groups -OCH3 is 2. The summed E-state index contributed by atoms with van der Waals surface area (Å²) in [5, 5.41) is 2.38. The monoisotopic (exact) mass is 425 g/mol. The summed E-state index contributed by atoms with van der Waals surface area (Å²) in [7, 11) is 6.36. The highest BCUT2D eigenvalue weighted by atomic mass is 19.4. The zero-order valence-electron chi connectivity index (χ0n) is 17.3. The molecule has 0 fully saturated rings. The number of nitrogens with two attached hydrogens (primary N) is 1. The second kappa shape index (κ2) is 9.36. The van der Waals surface area contributed by atoms with Gasteiger partial charge in [0.15, 0.2) is 0 Å². The first kappa shape index (κ1) is 23.5. The van der Waals surface area contributed by atoms with E-state index in [1.54, 1.807) is 43.3 Å². The number of alkyl halides is 3. The molecular formula is C21H26F3N3O3. The lowest BCUT2D eigenvalue weighted by Crippen LogP contribution is -2.61. The predicted octanol–water partition coefficient (Wildman–Crippen LogP) is 2.84. The van der Waals surface area contributed by atoms with Crippen LogP contribution in [0.15, 0.2) is 48.5 Å². The van der Waals surface area contributed by atoms with Crippen LogP contribution in [0.2, 0.25) is 0 Å². The molecule has 1 amide bonds. The number of likely N-dealkylation sites (N-methyl/N-ethyl adjacent to an activating group) is 1. The molecule has 0 saturated heterocycles. The van der Waals surface area contributed by atoms with Crippen LogP contribution in [0.4, 0.5) is 13.2 Å². The van der Waals surface area contributed by atoms with Crippen LogP contribution in [0.25, 0.3) is 0 Å². The van der Waals surface area contributed by atoms with Crippen LogP contribution >= 0.6 is 0 Å². The van der Waals surface area contributed by atoms with Crippen molar-refractivity contribution in [2.75, 3.05) is 34.9 Å². The third-order valence-corrected chi connectivity index (χ3v) is 4.89. The number of carbonyl (C=O) groups excluding carboxylic acids is 1. The first-order chi connectivity index (χ1) is 14.0. The van der Waals surface area contributed by atoms with Crippen LogP contribution < -0.4 is 20.5 Å². The van der Waals surface area contributed by atoms with E-state index >= 15 is 0 Å². The fourth-order valence-corrected chi connectivity index (χ4v) is 3.07. The molecule has 3 N–H and O–H groups in total. The summed E-state index contributed by atoms with van der Waals surface area (Å²) in [4.78, 5) is 14.5. The molecule has 0 unspecified atom stereocenters. The molecule has 0 aromatic heterocycles. The number of amides is 1. The molecule has 2 atom stereocenters. The highest BCUT2D eigenvalue weighted by Crippen LogP contribution is 2.38. The minimum atomic E-state index is -5.02. The molecule has 0 radical (unpaired) electrons. The summed E-state index contributed by atoms with van der Waals surface area (Å²) in [6.45, 7) is -0.0853. The molecule has 0 spiro atoms. The number of halogens is 3. The number of benzene rings is 2. The summed E-state index contributed by atoms with van der Waals surface area (Å²) in [5.74, 6) is -0.578. The molecule has 2 aromatic rings. The van der Waals surface area contributed by atoms with Gasteiger partial charge in [0.2, 0.25) is 5.54 Å². The quantitative estimate of drug-likeness (QED) is 0.680. The van der Waals surface area contributed by atoms with Gasteiger partial charge in [-0.05, 0) is 49.5 Å². The van der Waals surface area contributed by atoms with Gasteiger partial charge in [0, 0.05) is 6.54 Å².